The second kappa shape index (κ2) is 4.38. The monoisotopic (exact) mass is 186 g/mol. The highest BCUT2D eigenvalue weighted by Crippen LogP contribution is 2.24. The average molecular weight is 186 g/mol. The summed E-state index contributed by atoms with van der Waals surface area (Å²) in [5.74, 6) is 0.786. The number of halogens is 1. The second-order valence-electron chi connectivity index (χ2n) is 4.24. The molecule has 0 aromatic rings. The number of nitrogens with zero attached hydrogens (tertiary/aromatic N) is 1. The zero-order chi connectivity index (χ0) is 9.10. The fourth-order valence-electron chi connectivity index (χ4n) is 2.64. The number of fused-ring (bicyclic) bond motifs is 1. The molecule has 2 saturated heterocycles. The third-order valence-corrected chi connectivity index (χ3v) is 3.38. The zero-order valence-electron chi connectivity index (χ0n) is 8.14. The maximum atomic E-state index is 12.1. The molecule has 0 amide bonds. The van der Waals surface area contributed by atoms with Gasteiger partial charge in [-0.1, -0.05) is 0 Å². The van der Waals surface area contributed by atoms with Crippen LogP contribution in [0.3, 0.4) is 0 Å². The van der Waals surface area contributed by atoms with E-state index in [1.807, 2.05) is 0 Å². The normalized spacial score (nSPS) is 35.8. The van der Waals surface area contributed by atoms with E-state index >= 15 is 0 Å². The van der Waals surface area contributed by atoms with Crippen molar-refractivity contribution in [2.24, 2.45) is 5.92 Å². The van der Waals surface area contributed by atoms with Crippen LogP contribution < -0.4 is 5.32 Å². The van der Waals surface area contributed by atoms with E-state index in [9.17, 15) is 4.39 Å². The van der Waals surface area contributed by atoms with E-state index in [1.54, 1.807) is 0 Å². The van der Waals surface area contributed by atoms with Gasteiger partial charge in [0.05, 0.1) is 0 Å². The van der Waals surface area contributed by atoms with Crippen molar-refractivity contribution in [3.8, 4) is 0 Å². The van der Waals surface area contributed by atoms with E-state index in [0.717, 1.165) is 25.0 Å². The quantitative estimate of drug-likeness (QED) is 0.693. The molecule has 13 heavy (non-hydrogen) atoms. The van der Waals surface area contributed by atoms with Crippen LogP contribution in [0.5, 0.6) is 0 Å². The van der Waals surface area contributed by atoms with Crippen LogP contribution in [0.2, 0.25) is 0 Å². The Hall–Kier alpha value is -0.150. The minimum Gasteiger partial charge on any atom is -0.314 e. The van der Waals surface area contributed by atoms with E-state index < -0.39 is 0 Å². The van der Waals surface area contributed by atoms with Gasteiger partial charge in [-0.2, -0.15) is 0 Å². The SMILES string of the molecule is FCCN1CCC2NCCCC2C1. The first-order valence-electron chi connectivity index (χ1n) is 5.42. The van der Waals surface area contributed by atoms with Crippen molar-refractivity contribution < 1.29 is 4.39 Å². The van der Waals surface area contributed by atoms with Crippen LogP contribution in [0.25, 0.3) is 0 Å². The molecule has 2 nitrogen and oxygen atoms in total. The molecule has 2 aliphatic rings. The molecule has 0 aromatic heterocycles. The maximum Gasteiger partial charge on any atom is 0.102 e. The van der Waals surface area contributed by atoms with Gasteiger partial charge >= 0.3 is 0 Å². The number of hydrogen-bond acceptors (Lipinski definition) is 2. The molecule has 2 unspecified atom stereocenters. The lowest BCUT2D eigenvalue weighted by Crippen LogP contribution is -2.52. The summed E-state index contributed by atoms with van der Waals surface area (Å²) in [6.07, 6.45) is 3.84. The van der Waals surface area contributed by atoms with Gasteiger partial charge in [0.15, 0.2) is 0 Å². The lowest BCUT2D eigenvalue weighted by atomic mass is 9.85. The minimum absolute atomic E-state index is 0.190. The molecule has 2 atom stereocenters. The van der Waals surface area contributed by atoms with Gasteiger partial charge in [-0.3, -0.25) is 0 Å². The van der Waals surface area contributed by atoms with Crippen LogP contribution >= 0.6 is 0 Å². The van der Waals surface area contributed by atoms with Gasteiger partial charge in [0.2, 0.25) is 0 Å². The molecule has 2 heterocycles. The Bertz CT molecular complexity index is 163. The molecule has 76 valence electrons. The van der Waals surface area contributed by atoms with Crippen LogP contribution in [0, 0.1) is 5.92 Å². The van der Waals surface area contributed by atoms with Crippen LogP contribution in [0.15, 0.2) is 0 Å². The molecule has 1 N–H and O–H groups in total. The van der Waals surface area contributed by atoms with E-state index in [1.165, 1.54) is 25.8 Å². The second-order valence-corrected chi connectivity index (χ2v) is 4.24. The largest absolute Gasteiger partial charge is 0.314 e. The van der Waals surface area contributed by atoms with Gasteiger partial charge < -0.3 is 10.2 Å². The molecular formula is C10H19FN2. The minimum atomic E-state index is -0.190. The van der Waals surface area contributed by atoms with Gasteiger partial charge in [-0.25, -0.2) is 4.39 Å². The molecule has 2 fully saturated rings. The number of nitrogens with one attached hydrogen (secondary N) is 1. The Kier molecular flexibility index (Phi) is 3.17. The lowest BCUT2D eigenvalue weighted by molar-refractivity contribution is 0.108. The highest BCUT2D eigenvalue weighted by Gasteiger charge is 2.30. The number of likely N-dealkylation sites (tertiary alicyclic amines) is 1. The van der Waals surface area contributed by atoms with Crippen LogP contribution in [0.1, 0.15) is 19.3 Å². The molecule has 0 aromatic carbocycles. The highest BCUT2D eigenvalue weighted by molar-refractivity contribution is 4.87. The molecule has 0 saturated carbocycles. The number of piperidine rings is 2. The first-order valence-corrected chi connectivity index (χ1v) is 5.42. The van der Waals surface area contributed by atoms with Crippen molar-refractivity contribution in [2.75, 3.05) is 32.9 Å². The Labute approximate surface area is 79.5 Å². The van der Waals surface area contributed by atoms with E-state index in [0.29, 0.717) is 6.54 Å². The number of alkyl halides is 1. The predicted octanol–water partition coefficient (Wildman–Crippen LogP) is 1.03. The Morgan fingerprint density at radius 1 is 1.38 bits per heavy atom. The third kappa shape index (κ3) is 2.20. The predicted molar refractivity (Wildman–Crippen MR) is 51.5 cm³/mol. The van der Waals surface area contributed by atoms with E-state index in [4.69, 9.17) is 0 Å². The van der Waals surface area contributed by atoms with Crippen molar-refractivity contribution in [1.29, 1.82) is 0 Å². The number of rotatable bonds is 2. The lowest BCUT2D eigenvalue weighted by Gasteiger charge is -2.41. The van der Waals surface area contributed by atoms with Crippen LogP contribution in [-0.4, -0.2) is 43.8 Å². The highest BCUT2D eigenvalue weighted by atomic mass is 19.1. The van der Waals surface area contributed by atoms with Gasteiger partial charge in [0.1, 0.15) is 6.67 Å². The fourth-order valence-corrected chi connectivity index (χ4v) is 2.64. The summed E-state index contributed by atoms with van der Waals surface area (Å²) >= 11 is 0. The summed E-state index contributed by atoms with van der Waals surface area (Å²) in [5.41, 5.74) is 0. The Morgan fingerprint density at radius 2 is 2.31 bits per heavy atom. The van der Waals surface area contributed by atoms with Crippen LogP contribution in [-0.2, 0) is 0 Å². The van der Waals surface area contributed by atoms with Crippen molar-refractivity contribution in [2.45, 2.75) is 25.3 Å². The first-order chi connectivity index (χ1) is 6.40. The maximum absolute atomic E-state index is 12.1. The van der Waals surface area contributed by atoms with Crippen molar-refractivity contribution in [1.82, 2.24) is 10.2 Å². The smallest absolute Gasteiger partial charge is 0.102 e. The summed E-state index contributed by atoms with van der Waals surface area (Å²) in [7, 11) is 0. The van der Waals surface area contributed by atoms with Crippen molar-refractivity contribution in [3.63, 3.8) is 0 Å². The molecular weight excluding hydrogens is 167 g/mol. The average Bonchev–Trinajstić information content (AvgIpc) is 2.18. The zero-order valence-corrected chi connectivity index (χ0v) is 8.14. The molecule has 2 aliphatic heterocycles. The summed E-state index contributed by atoms with van der Waals surface area (Å²) < 4.78 is 12.1. The Balaban J connectivity index is 1.84. The summed E-state index contributed by atoms with van der Waals surface area (Å²) in [4.78, 5) is 2.27. The van der Waals surface area contributed by atoms with Gasteiger partial charge in [-0.15, -0.1) is 0 Å². The molecule has 0 bridgehead atoms. The van der Waals surface area contributed by atoms with Gasteiger partial charge in [0, 0.05) is 19.1 Å². The van der Waals surface area contributed by atoms with E-state index in [-0.39, 0.29) is 6.67 Å². The molecule has 2 rings (SSSR count). The summed E-state index contributed by atoms with van der Waals surface area (Å²) in [5, 5.41) is 3.56. The molecule has 0 radical (unpaired) electrons. The Morgan fingerprint density at radius 3 is 3.15 bits per heavy atom. The van der Waals surface area contributed by atoms with Gasteiger partial charge in [0.25, 0.3) is 0 Å². The third-order valence-electron chi connectivity index (χ3n) is 3.38. The van der Waals surface area contributed by atoms with Crippen molar-refractivity contribution in [3.05, 3.63) is 0 Å². The van der Waals surface area contributed by atoms with Gasteiger partial charge in [-0.05, 0) is 38.3 Å². The van der Waals surface area contributed by atoms with Crippen LogP contribution in [0.4, 0.5) is 4.39 Å². The molecule has 0 spiro atoms. The van der Waals surface area contributed by atoms with E-state index in [2.05, 4.69) is 10.2 Å². The summed E-state index contributed by atoms with van der Waals surface area (Å²) in [6.45, 7) is 3.83. The fraction of sp³-hybridized carbons (Fsp3) is 1.00. The summed E-state index contributed by atoms with van der Waals surface area (Å²) in [6, 6.07) is 0.726. The molecule has 3 heteroatoms. The topological polar surface area (TPSA) is 15.3 Å². The number of hydrogen-bond donors (Lipinski definition) is 1. The van der Waals surface area contributed by atoms with Crippen molar-refractivity contribution >= 4 is 0 Å². The standard InChI is InChI=1S/C10H19FN2/c11-4-7-13-6-3-10-9(8-13)2-1-5-12-10/h9-10,12H,1-8H2. The molecule has 0 aliphatic carbocycles. The first kappa shape index (κ1) is 9.41.